The largest absolute Gasteiger partial charge is 0.349 e. The van der Waals surface area contributed by atoms with Crippen LogP contribution in [-0.2, 0) is 0 Å². The minimum Gasteiger partial charge on any atom is -0.349 e. The van der Waals surface area contributed by atoms with Crippen molar-refractivity contribution in [2.45, 2.75) is 44.0 Å². The molecule has 0 heterocycles. The Morgan fingerprint density at radius 2 is 2.00 bits per heavy atom. The Morgan fingerprint density at radius 1 is 1.33 bits per heavy atom. The Labute approximate surface area is 112 Å². The van der Waals surface area contributed by atoms with Gasteiger partial charge in [0, 0.05) is 17.0 Å². The number of carbonyl (C=O) groups excluding carboxylic acids is 1. The molecule has 1 aromatic carbocycles. The average molecular weight is 270 g/mol. The molecule has 0 aliphatic heterocycles. The summed E-state index contributed by atoms with van der Waals surface area (Å²) >= 11 is 6.02. The van der Waals surface area contributed by atoms with Crippen LogP contribution in [0.5, 0.6) is 0 Å². The fourth-order valence-corrected chi connectivity index (χ4v) is 2.55. The van der Waals surface area contributed by atoms with Gasteiger partial charge in [0.1, 0.15) is 5.82 Å². The molecule has 1 aromatic rings. The van der Waals surface area contributed by atoms with Gasteiger partial charge in [-0.05, 0) is 50.3 Å². The van der Waals surface area contributed by atoms with E-state index in [0.717, 1.165) is 31.2 Å². The fraction of sp³-hybridized carbons (Fsp3) is 0.500. The lowest BCUT2D eigenvalue weighted by Gasteiger charge is -2.26. The fourth-order valence-electron chi connectivity index (χ4n) is 2.30. The van der Waals surface area contributed by atoms with Crippen LogP contribution < -0.4 is 5.32 Å². The molecule has 18 heavy (non-hydrogen) atoms. The van der Waals surface area contributed by atoms with Gasteiger partial charge in [-0.2, -0.15) is 0 Å². The number of carbonyl (C=O) groups is 1. The van der Waals surface area contributed by atoms with Crippen molar-refractivity contribution >= 4 is 17.5 Å². The highest BCUT2D eigenvalue weighted by Gasteiger charge is 2.21. The number of hydrogen-bond acceptors (Lipinski definition) is 1. The summed E-state index contributed by atoms with van der Waals surface area (Å²) in [5.74, 6) is -0.569. The van der Waals surface area contributed by atoms with Crippen LogP contribution in [0.15, 0.2) is 18.2 Å². The molecular weight excluding hydrogens is 253 g/mol. The Morgan fingerprint density at radius 3 is 2.67 bits per heavy atom. The van der Waals surface area contributed by atoms with Crippen molar-refractivity contribution in [3.8, 4) is 0 Å². The zero-order valence-electron chi connectivity index (χ0n) is 10.4. The summed E-state index contributed by atoms with van der Waals surface area (Å²) in [5.41, 5.74) is 1.21. The molecule has 98 valence electrons. The van der Waals surface area contributed by atoms with Crippen LogP contribution in [0.4, 0.5) is 4.39 Å². The van der Waals surface area contributed by atoms with Crippen LogP contribution >= 0.6 is 11.6 Å². The first-order valence-electron chi connectivity index (χ1n) is 6.27. The zero-order chi connectivity index (χ0) is 13.1. The number of halogens is 2. The summed E-state index contributed by atoms with van der Waals surface area (Å²) in [7, 11) is 0. The molecule has 4 heteroatoms. The van der Waals surface area contributed by atoms with Crippen molar-refractivity contribution in [2.24, 2.45) is 0 Å². The van der Waals surface area contributed by atoms with E-state index in [-0.39, 0.29) is 23.1 Å². The average Bonchev–Trinajstić information content (AvgIpc) is 2.35. The molecule has 1 amide bonds. The summed E-state index contributed by atoms with van der Waals surface area (Å²) in [6.07, 6.45) is 3.64. The number of benzene rings is 1. The second kappa shape index (κ2) is 5.70. The molecule has 0 aromatic heterocycles. The molecule has 1 aliphatic carbocycles. The molecule has 1 saturated carbocycles. The number of nitrogens with one attached hydrogen (secondary N) is 1. The van der Waals surface area contributed by atoms with Crippen LogP contribution in [-0.4, -0.2) is 17.3 Å². The number of alkyl halides is 1. The van der Waals surface area contributed by atoms with Gasteiger partial charge in [-0.15, -0.1) is 11.6 Å². The van der Waals surface area contributed by atoms with Crippen molar-refractivity contribution < 1.29 is 9.18 Å². The van der Waals surface area contributed by atoms with E-state index in [1.807, 2.05) is 6.92 Å². The predicted octanol–water partition coefficient (Wildman–Crippen LogP) is 3.41. The van der Waals surface area contributed by atoms with Gasteiger partial charge in [0.2, 0.25) is 0 Å². The summed E-state index contributed by atoms with van der Waals surface area (Å²) < 4.78 is 13.1. The molecule has 2 nitrogen and oxygen atoms in total. The summed E-state index contributed by atoms with van der Waals surface area (Å²) in [5, 5.41) is 3.19. The Bertz CT molecular complexity index is 441. The maximum Gasteiger partial charge on any atom is 0.251 e. The maximum atomic E-state index is 13.1. The lowest BCUT2D eigenvalue weighted by molar-refractivity contribution is 0.0927. The van der Waals surface area contributed by atoms with Gasteiger partial charge >= 0.3 is 0 Å². The number of hydrogen-bond donors (Lipinski definition) is 1. The van der Waals surface area contributed by atoms with Gasteiger partial charge in [0.25, 0.3) is 5.91 Å². The van der Waals surface area contributed by atoms with Gasteiger partial charge < -0.3 is 5.32 Å². The van der Waals surface area contributed by atoms with E-state index >= 15 is 0 Å². The third kappa shape index (κ3) is 3.22. The smallest absolute Gasteiger partial charge is 0.251 e. The summed E-state index contributed by atoms with van der Waals surface area (Å²) in [6.45, 7) is 1.81. The topological polar surface area (TPSA) is 29.1 Å². The number of amides is 1. The second-order valence-corrected chi connectivity index (χ2v) is 5.50. The minimum absolute atomic E-state index is 0.162. The standard InChI is InChI=1S/C14H17ClFNO/c1-9-2-5-11(16)8-13(9)14(18)17-12-6-3-10(15)4-7-12/h2,5,8,10,12H,3-4,6-7H2,1H3,(H,17,18). The Kier molecular flexibility index (Phi) is 4.23. The van der Waals surface area contributed by atoms with Gasteiger partial charge in [0.05, 0.1) is 0 Å². The van der Waals surface area contributed by atoms with Gasteiger partial charge in [-0.1, -0.05) is 6.07 Å². The molecule has 0 unspecified atom stereocenters. The normalized spacial score (nSPS) is 23.7. The lowest BCUT2D eigenvalue weighted by atomic mass is 9.94. The van der Waals surface area contributed by atoms with E-state index in [0.29, 0.717) is 5.56 Å². The molecule has 0 radical (unpaired) electrons. The van der Waals surface area contributed by atoms with Gasteiger partial charge in [0.15, 0.2) is 0 Å². The maximum absolute atomic E-state index is 13.1. The van der Waals surface area contributed by atoms with Crippen LogP contribution in [0.3, 0.4) is 0 Å². The van der Waals surface area contributed by atoms with Crippen molar-refractivity contribution in [2.75, 3.05) is 0 Å². The molecule has 0 saturated heterocycles. The Hall–Kier alpha value is -1.09. The van der Waals surface area contributed by atoms with E-state index in [2.05, 4.69) is 5.32 Å². The minimum atomic E-state index is -0.379. The van der Waals surface area contributed by atoms with E-state index in [1.54, 1.807) is 6.07 Å². The highest BCUT2D eigenvalue weighted by atomic mass is 35.5. The third-order valence-corrected chi connectivity index (χ3v) is 3.87. The third-order valence-electron chi connectivity index (χ3n) is 3.44. The van der Waals surface area contributed by atoms with Crippen LogP contribution in [0.1, 0.15) is 41.6 Å². The first-order valence-corrected chi connectivity index (χ1v) is 6.71. The van der Waals surface area contributed by atoms with Crippen molar-refractivity contribution in [3.63, 3.8) is 0 Å². The second-order valence-electron chi connectivity index (χ2n) is 4.88. The van der Waals surface area contributed by atoms with Crippen LogP contribution in [0.2, 0.25) is 0 Å². The van der Waals surface area contributed by atoms with Crippen LogP contribution in [0, 0.1) is 12.7 Å². The van der Waals surface area contributed by atoms with Gasteiger partial charge in [-0.3, -0.25) is 4.79 Å². The molecule has 0 bridgehead atoms. The monoisotopic (exact) mass is 269 g/mol. The molecule has 1 fully saturated rings. The first kappa shape index (κ1) is 13.3. The molecular formula is C14H17ClFNO. The number of aryl methyl sites for hydroxylation is 1. The molecule has 2 rings (SSSR count). The zero-order valence-corrected chi connectivity index (χ0v) is 11.1. The molecule has 1 N–H and O–H groups in total. The predicted molar refractivity (Wildman–Crippen MR) is 70.5 cm³/mol. The highest BCUT2D eigenvalue weighted by Crippen LogP contribution is 2.23. The highest BCUT2D eigenvalue weighted by molar-refractivity contribution is 6.20. The van der Waals surface area contributed by atoms with E-state index in [1.165, 1.54) is 12.1 Å². The summed E-state index contributed by atoms with van der Waals surface area (Å²) in [4.78, 5) is 12.1. The van der Waals surface area contributed by atoms with Crippen molar-refractivity contribution in [1.82, 2.24) is 5.32 Å². The first-order chi connectivity index (χ1) is 8.56. The summed E-state index contributed by atoms with van der Waals surface area (Å²) in [6, 6.07) is 4.44. The molecule has 1 aliphatic rings. The molecule has 0 atom stereocenters. The quantitative estimate of drug-likeness (QED) is 0.819. The van der Waals surface area contributed by atoms with E-state index in [4.69, 9.17) is 11.6 Å². The van der Waals surface area contributed by atoms with E-state index in [9.17, 15) is 9.18 Å². The number of rotatable bonds is 2. The van der Waals surface area contributed by atoms with Crippen molar-refractivity contribution in [1.29, 1.82) is 0 Å². The van der Waals surface area contributed by atoms with Gasteiger partial charge in [-0.25, -0.2) is 4.39 Å². The van der Waals surface area contributed by atoms with E-state index < -0.39 is 0 Å². The molecule has 0 spiro atoms. The van der Waals surface area contributed by atoms with Crippen molar-refractivity contribution in [3.05, 3.63) is 35.1 Å². The SMILES string of the molecule is Cc1ccc(F)cc1C(=O)NC1CCC(Cl)CC1. The Balaban J connectivity index is 2.01. The lowest BCUT2D eigenvalue weighted by Crippen LogP contribution is -2.38. The van der Waals surface area contributed by atoms with Crippen LogP contribution in [0.25, 0.3) is 0 Å².